The van der Waals surface area contributed by atoms with E-state index < -0.39 is 5.79 Å². The lowest BCUT2D eigenvalue weighted by Gasteiger charge is -2.14. The molecule has 0 aliphatic heterocycles. The van der Waals surface area contributed by atoms with Crippen LogP contribution in [0.25, 0.3) is 0 Å². The number of hydrogen-bond acceptors (Lipinski definition) is 3. The number of rotatable bonds is 0. The molecular weight excluding hydrogens is 136 g/mol. The molecule has 1 rings (SSSR count). The highest BCUT2D eigenvalue weighted by Crippen LogP contribution is 2.09. The third-order valence-electron chi connectivity index (χ3n) is 0.986. The van der Waals surface area contributed by atoms with E-state index in [0.29, 0.717) is 4.86 Å². The molecule has 48 valence electrons. The highest BCUT2D eigenvalue weighted by atomic mass is 32.1. The van der Waals surface area contributed by atoms with E-state index >= 15 is 0 Å². The predicted molar refractivity (Wildman–Crippen MR) is 38.0 cm³/mol. The Kier molecular flexibility index (Phi) is 1.48. The molecule has 0 atom stereocenters. The number of hydrogen-bond donors (Lipinski definition) is 2. The van der Waals surface area contributed by atoms with Gasteiger partial charge in [0.05, 0.1) is 0 Å². The molecule has 0 fully saturated rings. The normalized spacial score (nSPS) is 22.7. The van der Waals surface area contributed by atoms with Gasteiger partial charge in [0.2, 0.25) is 5.79 Å². The zero-order chi connectivity index (χ0) is 6.91. The first-order valence-electron chi connectivity index (χ1n) is 2.47. The summed E-state index contributed by atoms with van der Waals surface area (Å²) in [4.78, 5) is 0.605. The molecule has 3 heteroatoms. The third-order valence-corrected chi connectivity index (χ3v) is 1.26. The SMILES string of the molecule is OC1(O)C=CC(=S)C=C1. The topological polar surface area (TPSA) is 40.5 Å². The molecule has 9 heavy (non-hydrogen) atoms. The van der Waals surface area contributed by atoms with E-state index in [1.807, 2.05) is 0 Å². The van der Waals surface area contributed by atoms with Crippen LogP contribution in [0.5, 0.6) is 0 Å². The fraction of sp³-hybridized carbons (Fsp3) is 0.167. The minimum Gasteiger partial charge on any atom is -0.359 e. The largest absolute Gasteiger partial charge is 0.359 e. The molecule has 0 aromatic heterocycles. The van der Waals surface area contributed by atoms with Crippen LogP contribution in [0.4, 0.5) is 0 Å². The van der Waals surface area contributed by atoms with Gasteiger partial charge >= 0.3 is 0 Å². The van der Waals surface area contributed by atoms with Crippen LogP contribution in [-0.2, 0) is 0 Å². The molecule has 0 saturated heterocycles. The van der Waals surface area contributed by atoms with Gasteiger partial charge in [-0.2, -0.15) is 0 Å². The average molecular weight is 142 g/mol. The van der Waals surface area contributed by atoms with E-state index in [1.54, 1.807) is 0 Å². The second-order valence-electron chi connectivity index (χ2n) is 1.85. The molecule has 1 aliphatic carbocycles. The van der Waals surface area contributed by atoms with E-state index in [0.717, 1.165) is 0 Å². The van der Waals surface area contributed by atoms with Crippen LogP contribution < -0.4 is 0 Å². The van der Waals surface area contributed by atoms with Gasteiger partial charge in [-0.05, 0) is 24.3 Å². The zero-order valence-electron chi connectivity index (χ0n) is 4.61. The van der Waals surface area contributed by atoms with Crippen LogP contribution in [0.1, 0.15) is 0 Å². The van der Waals surface area contributed by atoms with Crippen molar-refractivity contribution in [1.29, 1.82) is 0 Å². The lowest BCUT2D eigenvalue weighted by atomic mass is 10.1. The highest BCUT2D eigenvalue weighted by Gasteiger charge is 2.16. The van der Waals surface area contributed by atoms with Crippen LogP contribution >= 0.6 is 12.2 Å². The van der Waals surface area contributed by atoms with Crippen molar-refractivity contribution in [3.05, 3.63) is 24.3 Å². The molecule has 2 N–H and O–H groups in total. The third kappa shape index (κ3) is 1.71. The summed E-state index contributed by atoms with van der Waals surface area (Å²) in [7, 11) is 0. The van der Waals surface area contributed by atoms with E-state index in [1.165, 1.54) is 24.3 Å². The van der Waals surface area contributed by atoms with Gasteiger partial charge in [-0.25, -0.2) is 0 Å². The molecule has 0 spiro atoms. The smallest absolute Gasteiger partial charge is 0.203 e. The molecule has 0 amide bonds. The van der Waals surface area contributed by atoms with Crippen molar-refractivity contribution in [3.63, 3.8) is 0 Å². The summed E-state index contributed by atoms with van der Waals surface area (Å²) in [6.07, 6.45) is 5.43. The molecule has 0 unspecified atom stereocenters. The van der Waals surface area contributed by atoms with Crippen LogP contribution in [0, 0.1) is 0 Å². The molecule has 0 bridgehead atoms. The van der Waals surface area contributed by atoms with Gasteiger partial charge in [-0.15, -0.1) is 0 Å². The van der Waals surface area contributed by atoms with E-state index in [9.17, 15) is 0 Å². The van der Waals surface area contributed by atoms with E-state index in [2.05, 4.69) is 0 Å². The van der Waals surface area contributed by atoms with Crippen molar-refractivity contribution in [2.75, 3.05) is 0 Å². The summed E-state index contributed by atoms with van der Waals surface area (Å²) in [5.74, 6) is -1.79. The van der Waals surface area contributed by atoms with Crippen LogP contribution in [0.3, 0.4) is 0 Å². The average Bonchev–Trinajstić information content (AvgIpc) is 1.78. The summed E-state index contributed by atoms with van der Waals surface area (Å²) in [6, 6.07) is 0. The predicted octanol–water partition coefficient (Wildman–Crippen LogP) is 0.163. The first-order valence-corrected chi connectivity index (χ1v) is 2.88. The van der Waals surface area contributed by atoms with Crippen molar-refractivity contribution >= 4 is 17.1 Å². The van der Waals surface area contributed by atoms with Crippen molar-refractivity contribution < 1.29 is 10.2 Å². The summed E-state index contributed by atoms with van der Waals surface area (Å²) in [5, 5.41) is 17.6. The summed E-state index contributed by atoms with van der Waals surface area (Å²) >= 11 is 4.71. The summed E-state index contributed by atoms with van der Waals surface area (Å²) in [5.41, 5.74) is 0. The molecule has 0 heterocycles. The number of aliphatic hydroxyl groups is 2. The minimum atomic E-state index is -1.79. The maximum Gasteiger partial charge on any atom is 0.203 e. The molecule has 0 radical (unpaired) electrons. The Morgan fingerprint density at radius 3 is 2.00 bits per heavy atom. The Balaban J connectivity index is 2.82. The molecule has 0 saturated carbocycles. The van der Waals surface area contributed by atoms with Crippen molar-refractivity contribution in [3.8, 4) is 0 Å². The lowest BCUT2D eigenvalue weighted by molar-refractivity contribution is -0.0742. The van der Waals surface area contributed by atoms with Crippen LogP contribution in [0.15, 0.2) is 24.3 Å². The molecular formula is C6H6O2S. The standard InChI is InChI=1S/C6H6O2S/c7-6(8)3-1-5(9)2-4-6/h1-4,7-8H. The maximum absolute atomic E-state index is 8.81. The molecule has 2 nitrogen and oxygen atoms in total. The lowest BCUT2D eigenvalue weighted by Crippen LogP contribution is -2.23. The second-order valence-corrected chi connectivity index (χ2v) is 2.32. The van der Waals surface area contributed by atoms with Gasteiger partial charge < -0.3 is 10.2 Å². The Labute approximate surface area is 58.1 Å². The fourth-order valence-electron chi connectivity index (χ4n) is 0.521. The second kappa shape index (κ2) is 2.02. The first kappa shape index (κ1) is 6.61. The quantitative estimate of drug-likeness (QED) is 0.374. The van der Waals surface area contributed by atoms with Crippen LogP contribution in [0.2, 0.25) is 0 Å². The fourth-order valence-corrected chi connectivity index (χ4v) is 0.657. The Morgan fingerprint density at radius 1 is 1.22 bits per heavy atom. The van der Waals surface area contributed by atoms with Gasteiger partial charge in [-0.1, -0.05) is 12.2 Å². The van der Waals surface area contributed by atoms with E-state index in [-0.39, 0.29) is 0 Å². The maximum atomic E-state index is 8.81. The molecule has 0 aromatic rings. The Bertz CT molecular complexity index is 173. The number of thiocarbonyl (C=S) groups is 1. The van der Waals surface area contributed by atoms with E-state index in [4.69, 9.17) is 22.4 Å². The van der Waals surface area contributed by atoms with Gasteiger partial charge in [0.25, 0.3) is 0 Å². The van der Waals surface area contributed by atoms with Crippen LogP contribution in [-0.4, -0.2) is 20.9 Å². The Morgan fingerprint density at radius 2 is 1.67 bits per heavy atom. The first-order chi connectivity index (χ1) is 4.10. The van der Waals surface area contributed by atoms with Gasteiger partial charge in [-0.3, -0.25) is 0 Å². The highest BCUT2D eigenvalue weighted by molar-refractivity contribution is 7.81. The zero-order valence-corrected chi connectivity index (χ0v) is 5.43. The van der Waals surface area contributed by atoms with Crippen molar-refractivity contribution in [1.82, 2.24) is 0 Å². The number of allylic oxidation sites excluding steroid dienone is 2. The summed E-state index contributed by atoms with van der Waals surface area (Å²) < 4.78 is 0. The van der Waals surface area contributed by atoms with Crippen molar-refractivity contribution in [2.45, 2.75) is 5.79 Å². The summed E-state index contributed by atoms with van der Waals surface area (Å²) in [6.45, 7) is 0. The van der Waals surface area contributed by atoms with Gasteiger partial charge in [0, 0.05) is 4.86 Å². The Hall–Kier alpha value is -0.510. The van der Waals surface area contributed by atoms with Gasteiger partial charge in [0.15, 0.2) is 0 Å². The van der Waals surface area contributed by atoms with Crippen molar-refractivity contribution in [2.24, 2.45) is 0 Å². The van der Waals surface area contributed by atoms with Gasteiger partial charge in [0.1, 0.15) is 0 Å². The molecule has 1 aliphatic rings. The molecule has 0 aromatic carbocycles. The monoisotopic (exact) mass is 142 g/mol. The minimum absolute atomic E-state index is 0.605.